The quantitative estimate of drug-likeness (QED) is 0.718. The third-order valence-corrected chi connectivity index (χ3v) is 4.21. The molecule has 2 nitrogen and oxygen atoms in total. The highest BCUT2D eigenvalue weighted by molar-refractivity contribution is 6.09. The molecule has 0 saturated carbocycles. The first kappa shape index (κ1) is 15.3. The van der Waals surface area contributed by atoms with Gasteiger partial charge in [0.2, 0.25) is 5.91 Å². The number of amides is 1. The lowest BCUT2D eigenvalue weighted by molar-refractivity contribution is 0.100. The predicted octanol–water partition coefficient (Wildman–Crippen LogP) is 4.90. The summed E-state index contributed by atoms with van der Waals surface area (Å²) in [6.07, 6.45) is 0. The third-order valence-electron chi connectivity index (χ3n) is 4.21. The number of primary amides is 1. The standard InChI is InChI=1S/C21H21NO/c1-21(2,3)16-9-6-8-15(13-16)19-17-10-5-4-7-14(17)11-12-18(19)20(22)23/h4-13H,1-3H3,(H2,22,23). The number of fused-ring (bicyclic) bond motifs is 1. The first-order valence-electron chi connectivity index (χ1n) is 7.80. The molecule has 0 bridgehead atoms. The number of benzene rings is 3. The molecule has 0 heterocycles. The lowest BCUT2D eigenvalue weighted by atomic mass is 9.84. The van der Waals surface area contributed by atoms with Crippen molar-refractivity contribution >= 4 is 16.7 Å². The van der Waals surface area contributed by atoms with Gasteiger partial charge in [0.05, 0.1) is 0 Å². The zero-order chi connectivity index (χ0) is 16.6. The minimum Gasteiger partial charge on any atom is -0.366 e. The van der Waals surface area contributed by atoms with Gasteiger partial charge in [-0.15, -0.1) is 0 Å². The van der Waals surface area contributed by atoms with Crippen LogP contribution in [0.15, 0.2) is 60.7 Å². The van der Waals surface area contributed by atoms with Crippen molar-refractivity contribution in [3.8, 4) is 11.1 Å². The largest absolute Gasteiger partial charge is 0.366 e. The molecule has 1 amide bonds. The molecular formula is C21H21NO. The molecule has 0 spiro atoms. The average molecular weight is 303 g/mol. The maximum absolute atomic E-state index is 11.9. The highest BCUT2D eigenvalue weighted by Crippen LogP contribution is 2.34. The van der Waals surface area contributed by atoms with E-state index in [9.17, 15) is 4.79 Å². The molecule has 2 heteroatoms. The number of nitrogens with two attached hydrogens (primary N) is 1. The van der Waals surface area contributed by atoms with E-state index in [1.165, 1.54) is 5.56 Å². The van der Waals surface area contributed by atoms with Crippen LogP contribution in [0.5, 0.6) is 0 Å². The first-order valence-corrected chi connectivity index (χ1v) is 7.80. The Kier molecular flexibility index (Phi) is 3.69. The molecule has 0 radical (unpaired) electrons. The molecule has 0 aliphatic carbocycles. The van der Waals surface area contributed by atoms with Crippen molar-refractivity contribution in [2.45, 2.75) is 26.2 Å². The summed E-state index contributed by atoms with van der Waals surface area (Å²) in [7, 11) is 0. The Morgan fingerprint density at radius 3 is 2.35 bits per heavy atom. The zero-order valence-electron chi connectivity index (χ0n) is 13.8. The van der Waals surface area contributed by atoms with Crippen LogP contribution in [0.1, 0.15) is 36.7 Å². The van der Waals surface area contributed by atoms with E-state index in [4.69, 9.17) is 5.73 Å². The van der Waals surface area contributed by atoms with Gasteiger partial charge in [-0.2, -0.15) is 0 Å². The minimum atomic E-state index is -0.396. The Morgan fingerprint density at radius 1 is 0.913 bits per heavy atom. The Balaban J connectivity index is 2.35. The van der Waals surface area contributed by atoms with Gasteiger partial charge >= 0.3 is 0 Å². The summed E-state index contributed by atoms with van der Waals surface area (Å²) in [5.74, 6) is -0.396. The van der Waals surface area contributed by atoms with Crippen LogP contribution in [0.4, 0.5) is 0 Å². The van der Waals surface area contributed by atoms with E-state index in [1.54, 1.807) is 0 Å². The summed E-state index contributed by atoms with van der Waals surface area (Å²) in [6.45, 7) is 6.55. The van der Waals surface area contributed by atoms with Crippen LogP contribution in [0.2, 0.25) is 0 Å². The molecule has 0 saturated heterocycles. The second kappa shape index (κ2) is 5.54. The molecule has 2 N–H and O–H groups in total. The molecule has 3 aromatic rings. The molecule has 0 unspecified atom stereocenters. The molecule has 3 rings (SSSR count). The van der Waals surface area contributed by atoms with Gasteiger partial charge in [-0.1, -0.05) is 75.4 Å². The van der Waals surface area contributed by atoms with Gasteiger partial charge in [0.25, 0.3) is 0 Å². The molecule has 0 aromatic heterocycles. The normalized spacial score (nSPS) is 11.6. The maximum atomic E-state index is 11.9. The lowest BCUT2D eigenvalue weighted by Crippen LogP contribution is -2.13. The molecule has 0 atom stereocenters. The smallest absolute Gasteiger partial charge is 0.249 e. The number of rotatable bonds is 2. The van der Waals surface area contributed by atoms with Gasteiger partial charge in [0.1, 0.15) is 0 Å². The van der Waals surface area contributed by atoms with E-state index in [1.807, 2.05) is 42.5 Å². The van der Waals surface area contributed by atoms with E-state index in [0.717, 1.165) is 21.9 Å². The van der Waals surface area contributed by atoms with Gasteiger partial charge in [0.15, 0.2) is 0 Å². The molecule has 0 aliphatic heterocycles. The monoisotopic (exact) mass is 303 g/mol. The summed E-state index contributed by atoms with van der Waals surface area (Å²) in [4.78, 5) is 11.9. The zero-order valence-corrected chi connectivity index (χ0v) is 13.8. The average Bonchev–Trinajstić information content (AvgIpc) is 2.53. The Labute approximate surface area is 136 Å². The highest BCUT2D eigenvalue weighted by Gasteiger charge is 2.17. The molecule has 116 valence electrons. The molecule has 0 aliphatic rings. The first-order chi connectivity index (χ1) is 10.9. The van der Waals surface area contributed by atoms with Crippen molar-refractivity contribution in [1.82, 2.24) is 0 Å². The van der Waals surface area contributed by atoms with Gasteiger partial charge < -0.3 is 5.73 Å². The third kappa shape index (κ3) is 2.85. The Hall–Kier alpha value is -2.61. The van der Waals surface area contributed by atoms with E-state index in [2.05, 4.69) is 39.0 Å². The fourth-order valence-corrected chi connectivity index (χ4v) is 2.93. The summed E-state index contributed by atoms with van der Waals surface area (Å²) < 4.78 is 0. The summed E-state index contributed by atoms with van der Waals surface area (Å²) in [5.41, 5.74) is 9.42. The van der Waals surface area contributed by atoms with Crippen molar-refractivity contribution in [2.24, 2.45) is 5.73 Å². The number of hydrogen-bond acceptors (Lipinski definition) is 1. The van der Waals surface area contributed by atoms with Gasteiger partial charge in [-0.05, 0) is 33.4 Å². The summed E-state index contributed by atoms with van der Waals surface area (Å²) in [6, 6.07) is 20.2. The van der Waals surface area contributed by atoms with Crippen LogP contribution in [-0.2, 0) is 5.41 Å². The second-order valence-electron chi connectivity index (χ2n) is 6.90. The molecule has 3 aromatic carbocycles. The Morgan fingerprint density at radius 2 is 1.65 bits per heavy atom. The van der Waals surface area contributed by atoms with Crippen LogP contribution in [0, 0.1) is 0 Å². The molecule has 0 fully saturated rings. The molecule has 23 heavy (non-hydrogen) atoms. The van der Waals surface area contributed by atoms with Crippen molar-refractivity contribution in [3.05, 3.63) is 71.8 Å². The van der Waals surface area contributed by atoms with E-state index in [-0.39, 0.29) is 5.41 Å². The van der Waals surface area contributed by atoms with E-state index in [0.29, 0.717) is 5.56 Å². The van der Waals surface area contributed by atoms with Gasteiger partial charge in [0, 0.05) is 11.1 Å². The Bertz CT molecular complexity index is 888. The van der Waals surface area contributed by atoms with E-state index >= 15 is 0 Å². The maximum Gasteiger partial charge on any atom is 0.249 e. The lowest BCUT2D eigenvalue weighted by Gasteiger charge is -2.20. The van der Waals surface area contributed by atoms with Crippen LogP contribution in [0.3, 0.4) is 0 Å². The molecular weight excluding hydrogens is 282 g/mol. The van der Waals surface area contributed by atoms with Crippen molar-refractivity contribution in [1.29, 1.82) is 0 Å². The van der Waals surface area contributed by atoms with E-state index < -0.39 is 5.91 Å². The van der Waals surface area contributed by atoms with Crippen molar-refractivity contribution in [2.75, 3.05) is 0 Å². The number of carbonyl (C=O) groups is 1. The van der Waals surface area contributed by atoms with Crippen LogP contribution in [0.25, 0.3) is 21.9 Å². The van der Waals surface area contributed by atoms with Gasteiger partial charge in [-0.3, -0.25) is 4.79 Å². The topological polar surface area (TPSA) is 43.1 Å². The highest BCUT2D eigenvalue weighted by atomic mass is 16.1. The summed E-state index contributed by atoms with van der Waals surface area (Å²) >= 11 is 0. The van der Waals surface area contributed by atoms with Crippen LogP contribution >= 0.6 is 0 Å². The number of carbonyl (C=O) groups excluding carboxylic acids is 1. The van der Waals surface area contributed by atoms with Crippen LogP contribution in [-0.4, -0.2) is 5.91 Å². The predicted molar refractivity (Wildman–Crippen MR) is 96.6 cm³/mol. The van der Waals surface area contributed by atoms with Gasteiger partial charge in [-0.25, -0.2) is 0 Å². The summed E-state index contributed by atoms with van der Waals surface area (Å²) in [5, 5.41) is 2.16. The van der Waals surface area contributed by atoms with Crippen molar-refractivity contribution in [3.63, 3.8) is 0 Å². The second-order valence-corrected chi connectivity index (χ2v) is 6.90. The SMILES string of the molecule is CC(C)(C)c1cccc(-c2c(C(N)=O)ccc3ccccc23)c1. The number of hydrogen-bond donors (Lipinski definition) is 1. The fraction of sp³-hybridized carbons (Fsp3) is 0.190. The minimum absolute atomic E-state index is 0.0491. The fourth-order valence-electron chi connectivity index (χ4n) is 2.93. The van der Waals surface area contributed by atoms with Crippen molar-refractivity contribution < 1.29 is 4.79 Å². The van der Waals surface area contributed by atoms with Crippen LogP contribution < -0.4 is 5.73 Å².